The van der Waals surface area contributed by atoms with Gasteiger partial charge in [0, 0.05) is 9.13 Å². The molecule has 0 saturated heterocycles. The quantitative estimate of drug-likeness (QED) is 0.648. The maximum absolute atomic E-state index is 11.8. The number of nitrogens with one attached hydrogen (secondary N) is 1. The van der Waals surface area contributed by atoms with Crippen molar-refractivity contribution in [3.8, 4) is 23.3 Å². The monoisotopic (exact) mass is 406 g/mol. The number of rotatable bonds is 2. The first-order valence-corrected chi connectivity index (χ1v) is 6.87. The number of aromatic amines is 1. The summed E-state index contributed by atoms with van der Waals surface area (Å²) in [6.45, 7) is 0. The van der Waals surface area contributed by atoms with Gasteiger partial charge in [-0.15, -0.1) is 0 Å². The number of pyridine rings is 1. The zero-order valence-corrected chi connectivity index (χ0v) is 13.0. The van der Waals surface area contributed by atoms with Crippen LogP contribution < -0.4 is 11.3 Å². The summed E-state index contributed by atoms with van der Waals surface area (Å²) >= 11 is 1.83. The van der Waals surface area contributed by atoms with Gasteiger partial charge in [-0.1, -0.05) is 6.07 Å². The summed E-state index contributed by atoms with van der Waals surface area (Å²) in [5.74, 6) is -1.23. The van der Waals surface area contributed by atoms with E-state index in [9.17, 15) is 14.9 Å². The van der Waals surface area contributed by atoms with Gasteiger partial charge in [-0.2, -0.15) is 10.5 Å². The number of hydrogen-bond acceptors (Lipinski definition) is 5. The molecule has 22 heavy (non-hydrogen) atoms. The van der Waals surface area contributed by atoms with Crippen molar-refractivity contribution in [1.82, 2.24) is 4.98 Å². The molecule has 1 heterocycles. The molecule has 0 bridgehead atoms. The number of nitriles is 2. The number of carbonyl (C=O) groups is 1. The van der Waals surface area contributed by atoms with Crippen molar-refractivity contribution in [2.75, 3.05) is 5.73 Å². The number of nitrogen functional groups attached to an aromatic ring is 1. The van der Waals surface area contributed by atoms with E-state index in [0.29, 0.717) is 9.13 Å². The summed E-state index contributed by atoms with van der Waals surface area (Å²) in [6, 6.07) is 7.87. The zero-order chi connectivity index (χ0) is 16.4. The Balaban J connectivity index is 2.87. The Morgan fingerprint density at radius 2 is 1.91 bits per heavy atom. The minimum absolute atomic E-state index is 0.0324. The summed E-state index contributed by atoms with van der Waals surface area (Å²) in [6.07, 6.45) is 0. The molecule has 8 heteroatoms. The molecule has 4 N–H and O–H groups in total. The average molecular weight is 406 g/mol. The summed E-state index contributed by atoms with van der Waals surface area (Å²) in [7, 11) is 0. The highest BCUT2D eigenvalue weighted by Crippen LogP contribution is 2.30. The SMILES string of the molecule is N#Cc1c(N)[nH]c(=O)c(C#N)c1-c1ccc(C(=O)O)c(I)c1. The summed E-state index contributed by atoms with van der Waals surface area (Å²) < 4.78 is 0.411. The van der Waals surface area contributed by atoms with Crippen molar-refractivity contribution < 1.29 is 9.90 Å². The van der Waals surface area contributed by atoms with Gasteiger partial charge in [0.1, 0.15) is 29.1 Å². The molecule has 1 aromatic heterocycles. The summed E-state index contributed by atoms with van der Waals surface area (Å²) in [4.78, 5) is 25.1. The first kappa shape index (κ1) is 15.5. The molecule has 0 amide bonds. The number of hydrogen-bond donors (Lipinski definition) is 3. The summed E-state index contributed by atoms with van der Waals surface area (Å²) in [5, 5.41) is 27.4. The van der Waals surface area contributed by atoms with Gasteiger partial charge in [-0.25, -0.2) is 4.79 Å². The number of carboxylic acid groups (broad SMARTS) is 1. The molecule has 0 radical (unpaired) electrons. The van der Waals surface area contributed by atoms with Crippen LogP contribution in [0.5, 0.6) is 0 Å². The summed E-state index contributed by atoms with van der Waals surface area (Å²) in [5.41, 5.74) is 5.20. The minimum Gasteiger partial charge on any atom is -0.478 e. The molecule has 0 saturated carbocycles. The zero-order valence-electron chi connectivity index (χ0n) is 10.8. The van der Waals surface area contributed by atoms with E-state index >= 15 is 0 Å². The number of nitrogens with two attached hydrogens (primary N) is 1. The van der Waals surface area contributed by atoms with Crippen LogP contribution in [0.25, 0.3) is 11.1 Å². The van der Waals surface area contributed by atoms with Crippen LogP contribution in [0.1, 0.15) is 21.5 Å². The maximum Gasteiger partial charge on any atom is 0.336 e. The Kier molecular flexibility index (Phi) is 4.15. The maximum atomic E-state index is 11.8. The number of H-pyrrole nitrogens is 1. The number of anilines is 1. The molecule has 1 aromatic carbocycles. The molecule has 0 fully saturated rings. The van der Waals surface area contributed by atoms with Crippen molar-refractivity contribution >= 4 is 34.4 Å². The molecular formula is C14H7IN4O3. The van der Waals surface area contributed by atoms with E-state index in [2.05, 4.69) is 4.98 Å². The van der Waals surface area contributed by atoms with Crippen LogP contribution in [0.4, 0.5) is 5.82 Å². The van der Waals surface area contributed by atoms with Crippen LogP contribution in [0.3, 0.4) is 0 Å². The molecule has 0 atom stereocenters. The highest BCUT2D eigenvalue weighted by Gasteiger charge is 2.19. The normalized spacial score (nSPS) is 9.77. The molecule has 0 aliphatic heterocycles. The molecular weight excluding hydrogens is 399 g/mol. The average Bonchev–Trinajstić information content (AvgIpc) is 2.46. The minimum atomic E-state index is -1.10. The Labute approximate surface area is 137 Å². The lowest BCUT2D eigenvalue weighted by Crippen LogP contribution is -2.16. The van der Waals surface area contributed by atoms with Gasteiger partial charge in [-0.05, 0) is 40.3 Å². The highest BCUT2D eigenvalue weighted by molar-refractivity contribution is 14.1. The van der Waals surface area contributed by atoms with Gasteiger partial charge in [0.2, 0.25) is 0 Å². The van der Waals surface area contributed by atoms with Gasteiger partial charge in [0.05, 0.1) is 5.56 Å². The molecule has 2 aromatic rings. The van der Waals surface area contributed by atoms with E-state index in [-0.39, 0.29) is 28.1 Å². The fourth-order valence-corrected chi connectivity index (χ4v) is 2.72. The van der Waals surface area contributed by atoms with Crippen LogP contribution in [-0.2, 0) is 0 Å². The third kappa shape index (κ3) is 2.52. The molecule has 2 rings (SSSR count). The van der Waals surface area contributed by atoms with Crippen LogP contribution >= 0.6 is 22.6 Å². The van der Waals surface area contributed by atoms with Crippen molar-refractivity contribution in [2.45, 2.75) is 0 Å². The Morgan fingerprint density at radius 1 is 1.27 bits per heavy atom. The van der Waals surface area contributed by atoms with Crippen molar-refractivity contribution in [3.63, 3.8) is 0 Å². The Hall–Kier alpha value is -2.85. The standard InChI is InChI=1S/C14H7IN4O3/c15-10-3-6(1-2-7(10)14(21)22)11-8(4-16)12(18)19-13(20)9(11)5-17/h1-3H,(H,21,22)(H3,18,19,20). The van der Waals surface area contributed by atoms with Gasteiger partial charge >= 0.3 is 5.97 Å². The van der Waals surface area contributed by atoms with Gasteiger partial charge in [-0.3, -0.25) is 4.79 Å². The van der Waals surface area contributed by atoms with Crippen LogP contribution in [0.2, 0.25) is 0 Å². The third-order valence-corrected chi connectivity index (χ3v) is 3.85. The predicted octanol–water partition coefficient (Wildman–Crippen LogP) is 1.67. The third-order valence-electron chi connectivity index (χ3n) is 2.96. The first-order chi connectivity index (χ1) is 10.4. The second kappa shape index (κ2) is 5.87. The van der Waals surface area contributed by atoms with Crippen molar-refractivity contribution in [3.05, 3.63) is 48.8 Å². The number of halogens is 1. The van der Waals surface area contributed by atoms with E-state index in [0.717, 1.165) is 0 Å². The largest absolute Gasteiger partial charge is 0.478 e. The number of carboxylic acids is 1. The fraction of sp³-hybridized carbons (Fsp3) is 0. The topological polar surface area (TPSA) is 144 Å². The molecule has 0 unspecified atom stereocenters. The molecule has 0 spiro atoms. The first-order valence-electron chi connectivity index (χ1n) is 5.79. The van der Waals surface area contributed by atoms with E-state index in [4.69, 9.17) is 16.1 Å². The van der Waals surface area contributed by atoms with Crippen molar-refractivity contribution in [2.24, 2.45) is 0 Å². The van der Waals surface area contributed by atoms with Crippen LogP contribution in [0.15, 0.2) is 23.0 Å². The lowest BCUT2D eigenvalue weighted by molar-refractivity contribution is 0.0696. The van der Waals surface area contributed by atoms with E-state index in [1.54, 1.807) is 6.07 Å². The van der Waals surface area contributed by atoms with Gasteiger partial charge in [0.25, 0.3) is 5.56 Å². The lowest BCUT2D eigenvalue weighted by Gasteiger charge is -2.10. The number of nitrogens with zero attached hydrogens (tertiary/aromatic N) is 2. The van der Waals surface area contributed by atoms with Crippen molar-refractivity contribution in [1.29, 1.82) is 10.5 Å². The highest BCUT2D eigenvalue weighted by atomic mass is 127. The lowest BCUT2D eigenvalue weighted by atomic mass is 9.96. The molecule has 7 nitrogen and oxygen atoms in total. The Bertz CT molecular complexity index is 935. The molecule has 0 aliphatic carbocycles. The van der Waals surface area contributed by atoms with Crippen LogP contribution in [0, 0.1) is 26.2 Å². The Morgan fingerprint density at radius 3 is 2.41 bits per heavy atom. The van der Waals surface area contributed by atoms with Gasteiger partial charge < -0.3 is 15.8 Å². The van der Waals surface area contributed by atoms with E-state index in [1.165, 1.54) is 18.2 Å². The van der Waals surface area contributed by atoms with E-state index in [1.807, 2.05) is 28.7 Å². The van der Waals surface area contributed by atoms with E-state index < -0.39 is 11.5 Å². The molecule has 0 aliphatic rings. The number of aromatic carboxylic acids is 1. The second-order valence-electron chi connectivity index (χ2n) is 4.22. The number of aromatic nitrogens is 1. The fourth-order valence-electron chi connectivity index (χ4n) is 1.98. The molecule has 108 valence electrons. The predicted molar refractivity (Wildman–Crippen MR) is 86.0 cm³/mol. The van der Waals surface area contributed by atoms with Crippen LogP contribution in [-0.4, -0.2) is 16.1 Å². The smallest absolute Gasteiger partial charge is 0.336 e. The number of benzene rings is 1. The second-order valence-corrected chi connectivity index (χ2v) is 5.38. The van der Waals surface area contributed by atoms with Gasteiger partial charge in [0.15, 0.2) is 0 Å².